The van der Waals surface area contributed by atoms with Gasteiger partial charge in [0.25, 0.3) is 5.56 Å². The molecule has 0 radical (unpaired) electrons. The van der Waals surface area contributed by atoms with Gasteiger partial charge in [0.05, 0.1) is 16.6 Å². The summed E-state index contributed by atoms with van der Waals surface area (Å²) >= 11 is 3.11. The number of halogens is 2. The molecule has 2 N–H and O–H groups in total. The fourth-order valence-corrected chi connectivity index (χ4v) is 2.57. The molecule has 0 bridgehead atoms. The maximum atomic E-state index is 14.0. The molecule has 2 aromatic rings. The number of benzene rings is 1. The van der Waals surface area contributed by atoms with Crippen LogP contribution < -0.4 is 16.0 Å². The van der Waals surface area contributed by atoms with Gasteiger partial charge in [-0.3, -0.25) is 9.78 Å². The van der Waals surface area contributed by atoms with E-state index in [1.165, 1.54) is 0 Å². The molecule has 0 amide bonds. The normalized spacial score (nSPS) is 13.8. The number of aromatic nitrogens is 2. The highest BCUT2D eigenvalue weighted by atomic mass is 79.9. The summed E-state index contributed by atoms with van der Waals surface area (Å²) in [6.07, 6.45) is 0.529. The Bertz CT molecular complexity index is 750. The van der Waals surface area contributed by atoms with Crippen LogP contribution in [0.3, 0.4) is 0 Å². The Morgan fingerprint density at radius 1 is 1.29 bits per heavy atom. The van der Waals surface area contributed by atoms with E-state index in [0.717, 1.165) is 0 Å². The van der Waals surface area contributed by atoms with Crippen LogP contribution in [0.4, 0.5) is 4.39 Å². The highest BCUT2D eigenvalue weighted by molar-refractivity contribution is 9.10. The molecule has 0 fully saturated rings. The lowest BCUT2D eigenvalue weighted by molar-refractivity contribution is 0.360. The Hall–Kier alpha value is -1.63. The first kappa shape index (κ1) is 10.5. The van der Waals surface area contributed by atoms with Crippen molar-refractivity contribution >= 4 is 26.8 Å². The third-order valence-corrected chi connectivity index (χ3v) is 3.55. The fraction of sp³-hybridized carbons (Fsp3) is 0.200. The minimum atomic E-state index is -0.744. The smallest absolute Gasteiger partial charge is 0.326 e. The van der Waals surface area contributed by atoms with Crippen molar-refractivity contribution < 1.29 is 9.13 Å². The third-order valence-electron chi connectivity index (χ3n) is 2.72. The summed E-state index contributed by atoms with van der Waals surface area (Å²) in [5.41, 5.74) is -0.904. The third kappa shape index (κ3) is 1.35. The highest BCUT2D eigenvalue weighted by Gasteiger charge is 2.25. The van der Waals surface area contributed by atoms with Crippen LogP contribution in [0, 0.1) is 5.82 Å². The average molecular weight is 301 g/mol. The molecule has 0 aliphatic carbocycles. The Morgan fingerprint density at radius 3 is 2.82 bits per heavy atom. The molecule has 0 unspecified atom stereocenters. The molecular formula is C10H6BrFN2O3. The summed E-state index contributed by atoms with van der Waals surface area (Å²) in [6, 6.07) is 0. The van der Waals surface area contributed by atoms with E-state index in [9.17, 15) is 14.0 Å². The maximum absolute atomic E-state index is 14.0. The van der Waals surface area contributed by atoms with Gasteiger partial charge in [0, 0.05) is 12.0 Å². The minimum absolute atomic E-state index is 0.0535. The Balaban J connectivity index is 2.64. The molecule has 3 rings (SSSR count). The quantitative estimate of drug-likeness (QED) is 0.764. The predicted octanol–water partition coefficient (Wildman–Crippen LogP) is 1.05. The first-order chi connectivity index (χ1) is 8.09. The lowest BCUT2D eigenvalue weighted by Crippen LogP contribution is -2.23. The van der Waals surface area contributed by atoms with Crippen LogP contribution in [-0.4, -0.2) is 16.6 Å². The lowest BCUT2D eigenvalue weighted by Gasteiger charge is -2.07. The SMILES string of the molecule is O=c1[nH]c(=O)c2c3c(c(Br)c(F)c2[nH]1)CCO3. The van der Waals surface area contributed by atoms with E-state index >= 15 is 0 Å². The average Bonchev–Trinajstić information content (AvgIpc) is 2.73. The van der Waals surface area contributed by atoms with E-state index in [-0.39, 0.29) is 15.4 Å². The number of nitrogens with one attached hydrogen (secondary N) is 2. The molecule has 1 aliphatic rings. The van der Waals surface area contributed by atoms with Crippen LogP contribution in [0.2, 0.25) is 0 Å². The van der Waals surface area contributed by atoms with E-state index < -0.39 is 17.1 Å². The zero-order chi connectivity index (χ0) is 12.2. The molecule has 0 saturated heterocycles. The number of H-pyrrole nitrogens is 2. The van der Waals surface area contributed by atoms with Crippen molar-refractivity contribution in [2.24, 2.45) is 0 Å². The highest BCUT2D eigenvalue weighted by Crippen LogP contribution is 2.38. The second kappa shape index (κ2) is 3.43. The molecule has 88 valence electrons. The van der Waals surface area contributed by atoms with Gasteiger partial charge in [0.1, 0.15) is 11.1 Å². The zero-order valence-electron chi connectivity index (χ0n) is 8.39. The summed E-state index contributed by atoms with van der Waals surface area (Å²) in [5, 5.41) is 0.0535. The molecule has 1 aromatic carbocycles. The number of rotatable bonds is 0. The molecule has 5 nitrogen and oxygen atoms in total. The van der Waals surface area contributed by atoms with Crippen LogP contribution >= 0.6 is 15.9 Å². The number of ether oxygens (including phenoxy) is 1. The van der Waals surface area contributed by atoms with Gasteiger partial charge >= 0.3 is 5.69 Å². The molecular weight excluding hydrogens is 295 g/mol. The number of hydrogen-bond donors (Lipinski definition) is 2. The Kier molecular flexibility index (Phi) is 2.12. The molecule has 1 aliphatic heterocycles. The molecule has 2 heterocycles. The summed E-state index contributed by atoms with van der Waals surface area (Å²) in [4.78, 5) is 27.2. The number of aromatic amines is 2. The van der Waals surface area contributed by atoms with Gasteiger partial charge in [-0.05, 0) is 15.9 Å². The second-order valence-electron chi connectivity index (χ2n) is 3.69. The van der Waals surface area contributed by atoms with Crippen molar-refractivity contribution in [3.05, 3.63) is 36.7 Å². The van der Waals surface area contributed by atoms with E-state index in [2.05, 4.69) is 25.9 Å². The van der Waals surface area contributed by atoms with Gasteiger partial charge in [0.2, 0.25) is 0 Å². The first-order valence-corrected chi connectivity index (χ1v) is 5.68. The monoisotopic (exact) mass is 300 g/mol. The van der Waals surface area contributed by atoms with Crippen molar-refractivity contribution in [3.63, 3.8) is 0 Å². The Morgan fingerprint density at radius 2 is 2.06 bits per heavy atom. The Labute approximate surface area is 102 Å². The van der Waals surface area contributed by atoms with Crippen molar-refractivity contribution in [3.8, 4) is 5.75 Å². The fourth-order valence-electron chi connectivity index (χ4n) is 2.00. The standard InChI is InChI=1S/C10H6BrFN2O3/c11-5-3-1-2-17-8(3)4-7(6(5)12)13-10(16)14-9(4)15/h1-2H2,(H2,13,14,15,16). The molecule has 0 saturated carbocycles. The van der Waals surface area contributed by atoms with E-state index in [1.807, 2.05) is 0 Å². The largest absolute Gasteiger partial charge is 0.492 e. The van der Waals surface area contributed by atoms with Gasteiger partial charge < -0.3 is 9.72 Å². The van der Waals surface area contributed by atoms with Crippen molar-refractivity contribution in [2.75, 3.05) is 6.61 Å². The van der Waals surface area contributed by atoms with Crippen molar-refractivity contribution in [1.29, 1.82) is 0 Å². The summed E-state index contributed by atoms with van der Waals surface area (Å²) in [7, 11) is 0. The van der Waals surface area contributed by atoms with Crippen LogP contribution in [0.5, 0.6) is 5.75 Å². The van der Waals surface area contributed by atoms with Crippen molar-refractivity contribution in [2.45, 2.75) is 6.42 Å². The van der Waals surface area contributed by atoms with Crippen LogP contribution in [-0.2, 0) is 6.42 Å². The van der Waals surface area contributed by atoms with Gasteiger partial charge in [-0.1, -0.05) is 0 Å². The lowest BCUT2D eigenvalue weighted by atomic mass is 10.1. The first-order valence-electron chi connectivity index (χ1n) is 4.88. The van der Waals surface area contributed by atoms with Crippen LogP contribution in [0.15, 0.2) is 14.1 Å². The number of fused-ring (bicyclic) bond motifs is 3. The van der Waals surface area contributed by atoms with E-state index in [4.69, 9.17) is 4.74 Å². The van der Waals surface area contributed by atoms with Crippen LogP contribution in [0.1, 0.15) is 5.56 Å². The zero-order valence-corrected chi connectivity index (χ0v) is 9.98. The van der Waals surface area contributed by atoms with Crippen LogP contribution in [0.25, 0.3) is 10.9 Å². The van der Waals surface area contributed by atoms with Gasteiger partial charge in [-0.25, -0.2) is 9.18 Å². The molecule has 17 heavy (non-hydrogen) atoms. The van der Waals surface area contributed by atoms with E-state index in [0.29, 0.717) is 24.3 Å². The van der Waals surface area contributed by atoms with E-state index in [1.54, 1.807) is 0 Å². The van der Waals surface area contributed by atoms with Gasteiger partial charge in [-0.2, -0.15) is 0 Å². The molecule has 1 aromatic heterocycles. The summed E-state index contributed by atoms with van der Waals surface area (Å²) in [5.74, 6) is -0.307. The second-order valence-corrected chi connectivity index (χ2v) is 4.49. The minimum Gasteiger partial charge on any atom is -0.492 e. The summed E-state index contributed by atoms with van der Waals surface area (Å²) in [6.45, 7) is 0.394. The predicted molar refractivity (Wildman–Crippen MR) is 62.0 cm³/mol. The maximum Gasteiger partial charge on any atom is 0.326 e. The summed E-state index contributed by atoms with van der Waals surface area (Å²) < 4.78 is 19.6. The molecule has 0 spiro atoms. The number of hydrogen-bond acceptors (Lipinski definition) is 3. The van der Waals surface area contributed by atoms with Crippen molar-refractivity contribution in [1.82, 2.24) is 9.97 Å². The topological polar surface area (TPSA) is 75.0 Å². The van der Waals surface area contributed by atoms with Gasteiger partial charge in [0.15, 0.2) is 5.82 Å². The molecule has 0 atom stereocenters. The molecule has 7 heteroatoms. The van der Waals surface area contributed by atoms with Gasteiger partial charge in [-0.15, -0.1) is 0 Å².